The molecule has 0 aliphatic heterocycles. The summed E-state index contributed by atoms with van der Waals surface area (Å²) >= 11 is 5.23. The number of nitrogens with zero attached hydrogens (tertiary/aromatic N) is 1. The van der Waals surface area contributed by atoms with E-state index in [4.69, 9.17) is 11.6 Å². The molecule has 78 valence electrons. The Labute approximate surface area is 89.8 Å². The summed E-state index contributed by atoms with van der Waals surface area (Å²) in [6.07, 6.45) is 0.369. The molecule has 0 atom stereocenters. The Morgan fingerprint density at radius 1 is 1.53 bits per heavy atom. The van der Waals surface area contributed by atoms with Crippen molar-refractivity contribution < 1.29 is 14.5 Å². The van der Waals surface area contributed by atoms with Gasteiger partial charge in [0.15, 0.2) is 6.29 Å². The van der Waals surface area contributed by atoms with Crippen LogP contribution in [0.5, 0.6) is 0 Å². The minimum Gasteiger partial charge on any atom is -0.298 e. The van der Waals surface area contributed by atoms with E-state index in [2.05, 4.69) is 0 Å². The van der Waals surface area contributed by atoms with E-state index in [0.29, 0.717) is 11.8 Å². The molecule has 0 N–H and O–H groups in total. The summed E-state index contributed by atoms with van der Waals surface area (Å²) in [7, 11) is 0. The van der Waals surface area contributed by atoms with Gasteiger partial charge in [-0.3, -0.25) is 19.7 Å². The first kappa shape index (κ1) is 11.3. The summed E-state index contributed by atoms with van der Waals surface area (Å²) in [6, 6.07) is 2.27. The first-order valence-corrected chi connectivity index (χ1v) is 4.29. The van der Waals surface area contributed by atoms with Crippen molar-refractivity contribution in [3.8, 4) is 0 Å². The smallest absolute Gasteiger partial charge is 0.280 e. The van der Waals surface area contributed by atoms with Gasteiger partial charge in [0.2, 0.25) is 0 Å². The third-order valence-electron chi connectivity index (χ3n) is 1.91. The van der Waals surface area contributed by atoms with E-state index >= 15 is 0 Å². The Kier molecular flexibility index (Phi) is 3.16. The monoisotopic (exact) mass is 227 g/mol. The lowest BCUT2D eigenvalue weighted by atomic mass is 10.0. The lowest BCUT2D eigenvalue weighted by molar-refractivity contribution is -0.385. The zero-order valence-corrected chi connectivity index (χ0v) is 8.45. The zero-order chi connectivity index (χ0) is 11.6. The lowest BCUT2D eigenvalue weighted by Gasteiger charge is -2.02. The van der Waals surface area contributed by atoms with E-state index < -0.39 is 15.9 Å². The molecule has 0 saturated heterocycles. The van der Waals surface area contributed by atoms with Crippen molar-refractivity contribution in [2.75, 3.05) is 0 Å². The van der Waals surface area contributed by atoms with E-state index in [0.717, 1.165) is 6.07 Å². The van der Waals surface area contributed by atoms with Crippen LogP contribution in [0.3, 0.4) is 0 Å². The number of hydrogen-bond donors (Lipinski definition) is 0. The minimum absolute atomic E-state index is 0.0361. The molecule has 0 aliphatic rings. The number of rotatable bonds is 3. The number of nitro benzene ring substituents is 1. The Balaban J connectivity index is 3.50. The van der Waals surface area contributed by atoms with Crippen LogP contribution in [0.25, 0.3) is 0 Å². The summed E-state index contributed by atoms with van der Waals surface area (Å²) < 4.78 is 0. The second-order valence-corrected chi connectivity index (χ2v) is 3.22. The van der Waals surface area contributed by atoms with Gasteiger partial charge in [-0.05, 0) is 30.2 Å². The van der Waals surface area contributed by atoms with Gasteiger partial charge in [-0.1, -0.05) is 0 Å². The van der Waals surface area contributed by atoms with Crippen molar-refractivity contribution in [2.45, 2.75) is 6.92 Å². The normalized spacial score (nSPS) is 9.73. The minimum atomic E-state index is -0.784. The molecule has 0 heterocycles. The Morgan fingerprint density at radius 2 is 2.13 bits per heavy atom. The second-order valence-electron chi connectivity index (χ2n) is 2.87. The number of hydrogen-bond acceptors (Lipinski definition) is 4. The molecule has 0 unspecified atom stereocenters. The van der Waals surface area contributed by atoms with Crippen LogP contribution in [0.2, 0.25) is 0 Å². The van der Waals surface area contributed by atoms with Crippen LogP contribution in [0.4, 0.5) is 5.69 Å². The molecule has 0 aliphatic carbocycles. The van der Waals surface area contributed by atoms with Crippen LogP contribution >= 0.6 is 11.6 Å². The molecule has 15 heavy (non-hydrogen) atoms. The quantitative estimate of drug-likeness (QED) is 0.343. The maximum absolute atomic E-state index is 10.9. The molecule has 1 aromatic carbocycles. The molecule has 0 fully saturated rings. The van der Waals surface area contributed by atoms with Crippen LogP contribution in [0.15, 0.2) is 12.1 Å². The number of halogens is 1. The molecule has 0 bridgehead atoms. The van der Waals surface area contributed by atoms with Gasteiger partial charge in [-0.2, -0.15) is 0 Å². The molecule has 6 heteroatoms. The molecule has 0 aromatic heterocycles. The third kappa shape index (κ3) is 2.19. The highest BCUT2D eigenvalue weighted by Gasteiger charge is 2.18. The van der Waals surface area contributed by atoms with Crippen molar-refractivity contribution in [1.82, 2.24) is 0 Å². The molecular weight excluding hydrogens is 222 g/mol. The molecule has 1 aromatic rings. The Morgan fingerprint density at radius 3 is 2.53 bits per heavy atom. The maximum Gasteiger partial charge on any atom is 0.280 e. The van der Waals surface area contributed by atoms with Gasteiger partial charge in [-0.15, -0.1) is 0 Å². The molecule has 1 rings (SSSR count). The lowest BCUT2D eigenvalue weighted by Crippen LogP contribution is -2.00. The van der Waals surface area contributed by atoms with Gasteiger partial charge in [-0.25, -0.2) is 0 Å². The maximum atomic E-state index is 10.9. The summed E-state index contributed by atoms with van der Waals surface area (Å²) in [5.74, 6) is 0. The van der Waals surface area contributed by atoms with E-state index in [1.54, 1.807) is 6.92 Å². The summed E-state index contributed by atoms with van der Waals surface area (Å²) in [6.45, 7) is 1.55. The molecule has 0 saturated carbocycles. The van der Waals surface area contributed by atoms with E-state index in [-0.39, 0.29) is 11.1 Å². The predicted octanol–water partition coefficient (Wildman–Crippen LogP) is 2.09. The van der Waals surface area contributed by atoms with Crippen LogP contribution < -0.4 is 0 Å². The van der Waals surface area contributed by atoms with Crippen molar-refractivity contribution in [1.29, 1.82) is 0 Å². The first-order valence-electron chi connectivity index (χ1n) is 3.91. The van der Waals surface area contributed by atoms with Gasteiger partial charge in [0, 0.05) is 11.6 Å². The third-order valence-corrected chi connectivity index (χ3v) is 2.11. The van der Waals surface area contributed by atoms with Crippen molar-refractivity contribution >= 4 is 28.8 Å². The first-order chi connectivity index (χ1) is 6.97. The second kappa shape index (κ2) is 4.18. The van der Waals surface area contributed by atoms with Gasteiger partial charge in [0.25, 0.3) is 10.9 Å². The number of benzene rings is 1. The highest BCUT2D eigenvalue weighted by molar-refractivity contribution is 6.68. The average molecular weight is 228 g/mol. The van der Waals surface area contributed by atoms with Crippen LogP contribution in [-0.4, -0.2) is 16.5 Å². The largest absolute Gasteiger partial charge is 0.298 e. The Hall–Kier alpha value is -1.75. The molecule has 5 nitrogen and oxygen atoms in total. The molecule has 0 spiro atoms. The summed E-state index contributed by atoms with van der Waals surface area (Å²) in [4.78, 5) is 31.3. The highest BCUT2D eigenvalue weighted by Crippen LogP contribution is 2.23. The van der Waals surface area contributed by atoms with Crippen molar-refractivity contribution in [2.24, 2.45) is 0 Å². The van der Waals surface area contributed by atoms with Crippen molar-refractivity contribution in [3.05, 3.63) is 38.9 Å². The van der Waals surface area contributed by atoms with E-state index in [1.165, 1.54) is 6.07 Å². The summed E-state index contributed by atoms with van der Waals surface area (Å²) in [5.41, 5.74) is -0.0181. The number of aldehydes is 1. The highest BCUT2D eigenvalue weighted by atomic mass is 35.5. The van der Waals surface area contributed by atoms with Gasteiger partial charge in [0.05, 0.1) is 10.5 Å². The van der Waals surface area contributed by atoms with Crippen LogP contribution in [0.1, 0.15) is 26.3 Å². The van der Waals surface area contributed by atoms with Gasteiger partial charge < -0.3 is 0 Å². The number of carbonyl (C=O) groups excluding carboxylic acids is 2. The van der Waals surface area contributed by atoms with Crippen LogP contribution in [0, 0.1) is 17.0 Å². The summed E-state index contributed by atoms with van der Waals surface area (Å²) in [5, 5.41) is 9.77. The van der Waals surface area contributed by atoms with Gasteiger partial charge in [0.1, 0.15) is 0 Å². The standard InChI is InChI=1S/C9H6ClNO4/c1-5-2-6(4-12)8(11(14)15)3-7(5)9(10)13/h2-4H,1H3. The van der Waals surface area contributed by atoms with Crippen LogP contribution in [-0.2, 0) is 0 Å². The number of nitro groups is 1. The fourth-order valence-corrected chi connectivity index (χ4v) is 1.39. The fraction of sp³-hybridized carbons (Fsp3) is 0.111. The zero-order valence-electron chi connectivity index (χ0n) is 7.69. The molecule has 0 amide bonds. The number of carbonyl (C=O) groups is 2. The molecule has 0 radical (unpaired) electrons. The van der Waals surface area contributed by atoms with E-state index in [1.807, 2.05) is 0 Å². The predicted molar refractivity (Wildman–Crippen MR) is 53.4 cm³/mol. The molecular formula is C9H6ClNO4. The topological polar surface area (TPSA) is 77.3 Å². The Bertz CT molecular complexity index is 456. The van der Waals surface area contributed by atoms with E-state index in [9.17, 15) is 19.7 Å². The number of aryl methyl sites for hydroxylation is 1. The van der Waals surface area contributed by atoms with Crippen molar-refractivity contribution in [3.63, 3.8) is 0 Å². The fourth-order valence-electron chi connectivity index (χ4n) is 1.18. The average Bonchev–Trinajstić information content (AvgIpc) is 2.16. The SMILES string of the molecule is Cc1cc(C=O)c([N+](=O)[O-])cc1C(=O)Cl. The van der Waals surface area contributed by atoms with Gasteiger partial charge >= 0.3 is 0 Å².